The molecular formula is C20H15FN2O4S2. The van der Waals surface area contributed by atoms with E-state index in [2.05, 4.69) is 10.3 Å². The van der Waals surface area contributed by atoms with E-state index in [9.17, 15) is 12.8 Å². The summed E-state index contributed by atoms with van der Waals surface area (Å²) in [5, 5.41) is 4.52. The van der Waals surface area contributed by atoms with Crippen molar-refractivity contribution in [3.8, 4) is 16.5 Å². The van der Waals surface area contributed by atoms with Gasteiger partial charge in [-0.3, -0.25) is 0 Å². The van der Waals surface area contributed by atoms with Crippen LogP contribution in [0, 0.1) is 5.82 Å². The average Bonchev–Trinajstić information content (AvgIpc) is 3.39. The molecule has 4 aromatic rings. The molecule has 0 spiro atoms. The first-order valence-electron chi connectivity index (χ1n) is 8.44. The number of oxazole rings is 1. The smallest absolute Gasteiger partial charge is 0.240 e. The molecule has 0 aliphatic heterocycles. The number of hydrogen-bond acceptors (Lipinski definition) is 7. The van der Waals surface area contributed by atoms with Crippen LogP contribution in [-0.4, -0.2) is 20.5 Å². The van der Waals surface area contributed by atoms with Crippen molar-refractivity contribution in [1.29, 1.82) is 0 Å². The summed E-state index contributed by atoms with van der Waals surface area (Å²) in [4.78, 5) is 4.83. The minimum Gasteiger partial charge on any atom is -0.497 e. The Morgan fingerprint density at radius 2 is 1.79 bits per heavy atom. The van der Waals surface area contributed by atoms with Gasteiger partial charge in [0.2, 0.25) is 26.6 Å². The lowest BCUT2D eigenvalue weighted by Crippen LogP contribution is -2.05. The number of halogens is 1. The van der Waals surface area contributed by atoms with E-state index in [1.165, 1.54) is 23.5 Å². The topological polar surface area (TPSA) is 81.4 Å². The number of aromatic nitrogens is 1. The van der Waals surface area contributed by atoms with Gasteiger partial charge in [-0.1, -0.05) is 6.07 Å². The first-order chi connectivity index (χ1) is 14.0. The molecule has 0 amide bonds. The van der Waals surface area contributed by atoms with E-state index in [0.29, 0.717) is 16.3 Å². The van der Waals surface area contributed by atoms with Gasteiger partial charge in [-0.15, -0.1) is 11.3 Å². The van der Waals surface area contributed by atoms with Crippen LogP contribution in [-0.2, 0) is 9.84 Å². The van der Waals surface area contributed by atoms with Crippen molar-refractivity contribution in [2.75, 3.05) is 12.4 Å². The van der Waals surface area contributed by atoms with Gasteiger partial charge in [0.25, 0.3) is 0 Å². The molecule has 0 bridgehead atoms. The van der Waals surface area contributed by atoms with E-state index in [0.717, 1.165) is 12.1 Å². The van der Waals surface area contributed by atoms with E-state index in [1.807, 2.05) is 11.4 Å². The molecule has 0 saturated heterocycles. The van der Waals surface area contributed by atoms with Gasteiger partial charge in [0.15, 0.2) is 0 Å². The third-order valence-electron chi connectivity index (χ3n) is 4.05. The Hall–Kier alpha value is -3.17. The highest BCUT2D eigenvalue weighted by Gasteiger charge is 2.29. The molecule has 0 saturated carbocycles. The number of rotatable bonds is 6. The van der Waals surface area contributed by atoms with Crippen LogP contribution in [0.15, 0.2) is 80.4 Å². The summed E-state index contributed by atoms with van der Waals surface area (Å²) in [6, 6.07) is 15.1. The lowest BCUT2D eigenvalue weighted by Gasteiger charge is -2.07. The summed E-state index contributed by atoms with van der Waals surface area (Å²) in [6.07, 6.45) is 0. The van der Waals surface area contributed by atoms with Crippen LogP contribution in [0.5, 0.6) is 5.75 Å². The van der Waals surface area contributed by atoms with Gasteiger partial charge >= 0.3 is 0 Å². The van der Waals surface area contributed by atoms with E-state index in [1.54, 1.807) is 37.4 Å². The number of anilines is 2. The van der Waals surface area contributed by atoms with Crippen LogP contribution in [0.25, 0.3) is 10.8 Å². The minimum atomic E-state index is -4.04. The SMILES string of the molecule is COc1ccc(Nc2oc(-c3cccs3)nc2S(=O)(=O)c2ccc(F)cc2)cc1. The predicted octanol–water partition coefficient (Wildman–Crippen LogP) is 5.13. The molecule has 6 nitrogen and oxygen atoms in total. The standard InChI is InChI=1S/C20H15FN2O4S2/c1-26-15-8-6-14(7-9-15)22-19-20(23-18(27-19)17-3-2-12-28-17)29(24,25)16-10-4-13(21)5-11-16/h2-12,22H,1H3. The van der Waals surface area contributed by atoms with Crippen LogP contribution >= 0.6 is 11.3 Å². The summed E-state index contributed by atoms with van der Waals surface area (Å²) in [5.41, 5.74) is 0.593. The average molecular weight is 430 g/mol. The normalized spacial score (nSPS) is 11.4. The Kier molecular flexibility index (Phi) is 5.08. The molecule has 2 heterocycles. The van der Waals surface area contributed by atoms with E-state index in [4.69, 9.17) is 9.15 Å². The third kappa shape index (κ3) is 3.87. The van der Waals surface area contributed by atoms with E-state index < -0.39 is 15.7 Å². The number of methoxy groups -OCH3 is 1. The Morgan fingerprint density at radius 3 is 2.41 bits per heavy atom. The lowest BCUT2D eigenvalue weighted by molar-refractivity contribution is 0.415. The van der Waals surface area contributed by atoms with Gasteiger partial charge in [-0.2, -0.15) is 4.98 Å². The quantitative estimate of drug-likeness (QED) is 0.427. The second kappa shape index (κ2) is 7.69. The van der Waals surface area contributed by atoms with Crippen molar-refractivity contribution in [3.05, 3.63) is 71.9 Å². The molecule has 2 aromatic carbocycles. The van der Waals surface area contributed by atoms with Crippen LogP contribution in [0.3, 0.4) is 0 Å². The molecule has 0 fully saturated rings. The molecule has 9 heteroatoms. The minimum absolute atomic E-state index is 0.0251. The zero-order valence-electron chi connectivity index (χ0n) is 15.1. The Balaban J connectivity index is 1.79. The number of sulfone groups is 1. The summed E-state index contributed by atoms with van der Waals surface area (Å²) < 4.78 is 50.4. The number of nitrogens with one attached hydrogen (secondary N) is 1. The monoisotopic (exact) mass is 430 g/mol. The van der Waals surface area contributed by atoms with Crippen LogP contribution in [0.4, 0.5) is 16.0 Å². The molecule has 29 heavy (non-hydrogen) atoms. The Morgan fingerprint density at radius 1 is 1.07 bits per heavy atom. The molecule has 148 valence electrons. The van der Waals surface area contributed by atoms with Crippen molar-refractivity contribution in [2.24, 2.45) is 0 Å². The lowest BCUT2D eigenvalue weighted by atomic mass is 10.3. The summed E-state index contributed by atoms with van der Waals surface area (Å²) in [7, 11) is -2.49. The van der Waals surface area contributed by atoms with Gasteiger partial charge < -0.3 is 14.5 Å². The number of ether oxygens (including phenoxy) is 1. The Bertz CT molecular complexity index is 1220. The van der Waals surface area contributed by atoms with Gasteiger partial charge in [0.05, 0.1) is 16.9 Å². The summed E-state index contributed by atoms with van der Waals surface area (Å²) >= 11 is 1.37. The first-order valence-corrected chi connectivity index (χ1v) is 10.8. The van der Waals surface area contributed by atoms with Gasteiger partial charge in [-0.05, 0) is 60.0 Å². The number of benzene rings is 2. The highest BCUT2D eigenvalue weighted by Crippen LogP contribution is 2.35. The summed E-state index contributed by atoms with van der Waals surface area (Å²) in [5.74, 6) is 0.283. The highest BCUT2D eigenvalue weighted by atomic mass is 32.2. The van der Waals surface area contributed by atoms with E-state index in [-0.39, 0.29) is 21.7 Å². The molecule has 4 rings (SSSR count). The van der Waals surface area contributed by atoms with Crippen LogP contribution in [0.2, 0.25) is 0 Å². The summed E-state index contributed by atoms with van der Waals surface area (Å²) in [6.45, 7) is 0. The fraction of sp³-hybridized carbons (Fsp3) is 0.0500. The first kappa shape index (κ1) is 19.2. The zero-order chi connectivity index (χ0) is 20.4. The van der Waals surface area contributed by atoms with Gasteiger partial charge in [0.1, 0.15) is 11.6 Å². The third-order valence-corrected chi connectivity index (χ3v) is 6.59. The second-order valence-electron chi connectivity index (χ2n) is 5.94. The maximum atomic E-state index is 13.2. The van der Waals surface area contributed by atoms with Crippen molar-refractivity contribution in [2.45, 2.75) is 9.92 Å². The number of hydrogen-bond donors (Lipinski definition) is 1. The number of nitrogens with zero attached hydrogens (tertiary/aromatic N) is 1. The maximum Gasteiger partial charge on any atom is 0.240 e. The zero-order valence-corrected chi connectivity index (χ0v) is 16.8. The highest BCUT2D eigenvalue weighted by molar-refractivity contribution is 7.91. The van der Waals surface area contributed by atoms with E-state index >= 15 is 0 Å². The van der Waals surface area contributed by atoms with Gasteiger partial charge in [-0.25, -0.2) is 12.8 Å². The van der Waals surface area contributed by atoms with Crippen molar-refractivity contribution in [3.63, 3.8) is 0 Å². The molecule has 0 radical (unpaired) electrons. The van der Waals surface area contributed by atoms with Crippen LogP contribution in [0.1, 0.15) is 0 Å². The van der Waals surface area contributed by atoms with Crippen molar-refractivity contribution < 1.29 is 22.0 Å². The fourth-order valence-electron chi connectivity index (χ4n) is 2.60. The van der Waals surface area contributed by atoms with Crippen molar-refractivity contribution >= 4 is 32.7 Å². The Labute approximate surface area is 170 Å². The molecule has 0 aliphatic rings. The second-order valence-corrected chi connectivity index (χ2v) is 8.75. The van der Waals surface area contributed by atoms with Crippen molar-refractivity contribution in [1.82, 2.24) is 4.98 Å². The van der Waals surface area contributed by atoms with Crippen LogP contribution < -0.4 is 10.1 Å². The fourth-order valence-corrected chi connectivity index (χ4v) is 4.51. The largest absolute Gasteiger partial charge is 0.497 e. The molecule has 0 aliphatic carbocycles. The molecule has 0 atom stereocenters. The predicted molar refractivity (Wildman–Crippen MR) is 108 cm³/mol. The molecule has 1 N–H and O–H groups in total. The van der Waals surface area contributed by atoms with Gasteiger partial charge in [0, 0.05) is 5.69 Å². The maximum absolute atomic E-state index is 13.2. The number of thiophene rings is 1. The molecular weight excluding hydrogens is 415 g/mol. The molecule has 2 aromatic heterocycles. The molecule has 0 unspecified atom stereocenters.